The van der Waals surface area contributed by atoms with Gasteiger partial charge in [0.15, 0.2) is 0 Å². The van der Waals surface area contributed by atoms with Gasteiger partial charge in [-0.25, -0.2) is 8.78 Å². The number of benzene rings is 2. The molecule has 0 aromatic heterocycles. The quantitative estimate of drug-likeness (QED) is 0.886. The summed E-state index contributed by atoms with van der Waals surface area (Å²) in [6, 6.07) is 8.78. The van der Waals surface area contributed by atoms with Gasteiger partial charge in [0.2, 0.25) is 0 Å². The molecule has 4 heteroatoms. The molecule has 0 saturated heterocycles. The first kappa shape index (κ1) is 13.0. The number of nitrogens with one attached hydrogen (secondary N) is 1. The lowest BCUT2D eigenvalue weighted by Gasteiger charge is -2.08. The molecule has 0 fully saturated rings. The molecule has 94 valence electrons. The third-order valence-corrected chi connectivity index (χ3v) is 3.02. The van der Waals surface area contributed by atoms with Gasteiger partial charge in [0.1, 0.15) is 11.6 Å². The minimum absolute atomic E-state index is 0.366. The van der Waals surface area contributed by atoms with Crippen molar-refractivity contribution >= 4 is 11.6 Å². The van der Waals surface area contributed by atoms with Crippen molar-refractivity contribution in [3.63, 3.8) is 0 Å². The summed E-state index contributed by atoms with van der Waals surface area (Å²) in [5, 5.41) is 3.61. The highest BCUT2D eigenvalue weighted by Crippen LogP contribution is 2.27. The van der Waals surface area contributed by atoms with Gasteiger partial charge in [-0.1, -0.05) is 17.7 Å². The van der Waals surface area contributed by atoms with Crippen molar-refractivity contribution in [2.24, 2.45) is 0 Å². The molecule has 0 aliphatic heterocycles. The lowest BCUT2D eigenvalue weighted by molar-refractivity contribution is 0.585. The van der Waals surface area contributed by atoms with E-state index in [1.54, 1.807) is 18.2 Å². The molecular weight excluding hydrogens is 256 g/mol. The van der Waals surface area contributed by atoms with Crippen LogP contribution in [0.15, 0.2) is 36.4 Å². The third-order valence-electron chi connectivity index (χ3n) is 2.66. The molecule has 0 bridgehead atoms. The van der Waals surface area contributed by atoms with Gasteiger partial charge in [-0.2, -0.15) is 0 Å². The number of hydrogen-bond acceptors (Lipinski definition) is 1. The fourth-order valence-corrected chi connectivity index (χ4v) is 1.98. The molecule has 0 unspecified atom stereocenters. The second-order valence-electron chi connectivity index (χ2n) is 3.96. The van der Waals surface area contributed by atoms with Gasteiger partial charge in [-0.15, -0.1) is 0 Å². The van der Waals surface area contributed by atoms with Crippen LogP contribution in [0.5, 0.6) is 0 Å². The molecule has 0 spiro atoms. The van der Waals surface area contributed by atoms with Gasteiger partial charge in [-0.05, 0) is 42.4 Å². The zero-order valence-corrected chi connectivity index (χ0v) is 10.6. The zero-order valence-electron chi connectivity index (χ0n) is 9.81. The summed E-state index contributed by atoms with van der Waals surface area (Å²) in [6.45, 7) is 0.593. The van der Waals surface area contributed by atoms with Crippen LogP contribution >= 0.6 is 11.6 Å². The normalized spacial score (nSPS) is 10.7. The number of hydrogen-bond donors (Lipinski definition) is 1. The molecule has 0 amide bonds. The Morgan fingerprint density at radius 3 is 2.56 bits per heavy atom. The van der Waals surface area contributed by atoms with E-state index >= 15 is 0 Å². The van der Waals surface area contributed by atoms with E-state index < -0.39 is 11.6 Å². The van der Waals surface area contributed by atoms with Crippen LogP contribution in [0.1, 0.15) is 5.56 Å². The van der Waals surface area contributed by atoms with Crippen LogP contribution < -0.4 is 5.32 Å². The van der Waals surface area contributed by atoms with Crippen molar-refractivity contribution in [3.05, 3.63) is 58.6 Å². The SMILES string of the molecule is CNCc1cc(-c2ccc(F)cc2F)ccc1Cl. The van der Waals surface area contributed by atoms with Gasteiger partial charge >= 0.3 is 0 Å². The highest BCUT2D eigenvalue weighted by Gasteiger charge is 2.08. The van der Waals surface area contributed by atoms with Crippen LogP contribution in [0.4, 0.5) is 8.78 Å². The molecule has 1 nitrogen and oxygen atoms in total. The Morgan fingerprint density at radius 1 is 1.11 bits per heavy atom. The fourth-order valence-electron chi connectivity index (χ4n) is 1.79. The lowest BCUT2D eigenvalue weighted by Crippen LogP contribution is -2.05. The lowest BCUT2D eigenvalue weighted by atomic mass is 10.0. The first-order valence-electron chi connectivity index (χ1n) is 5.50. The predicted octanol–water partition coefficient (Wildman–Crippen LogP) is 4.00. The summed E-state index contributed by atoms with van der Waals surface area (Å²) in [5.74, 6) is -1.16. The molecular formula is C14H12ClF2N. The summed E-state index contributed by atoms with van der Waals surface area (Å²) in [7, 11) is 1.81. The smallest absolute Gasteiger partial charge is 0.133 e. The molecule has 0 aliphatic carbocycles. The minimum Gasteiger partial charge on any atom is -0.316 e. The first-order chi connectivity index (χ1) is 8.61. The van der Waals surface area contributed by atoms with Crippen molar-refractivity contribution in [1.29, 1.82) is 0 Å². The Bertz CT molecular complexity index is 570. The topological polar surface area (TPSA) is 12.0 Å². The van der Waals surface area contributed by atoms with E-state index in [1.807, 2.05) is 7.05 Å². The highest BCUT2D eigenvalue weighted by molar-refractivity contribution is 6.31. The highest BCUT2D eigenvalue weighted by atomic mass is 35.5. The Kier molecular flexibility index (Phi) is 3.94. The van der Waals surface area contributed by atoms with Crippen LogP contribution in [-0.2, 0) is 6.54 Å². The Morgan fingerprint density at radius 2 is 1.89 bits per heavy atom. The third kappa shape index (κ3) is 2.68. The molecule has 2 aromatic carbocycles. The van der Waals surface area contributed by atoms with E-state index in [-0.39, 0.29) is 0 Å². The van der Waals surface area contributed by atoms with E-state index in [2.05, 4.69) is 5.32 Å². The molecule has 18 heavy (non-hydrogen) atoms. The average Bonchev–Trinajstić information content (AvgIpc) is 2.33. The van der Waals surface area contributed by atoms with Gasteiger partial charge in [0.25, 0.3) is 0 Å². The Balaban J connectivity index is 2.47. The van der Waals surface area contributed by atoms with Crippen LogP contribution in [-0.4, -0.2) is 7.05 Å². The summed E-state index contributed by atoms with van der Waals surface area (Å²) in [4.78, 5) is 0. The maximum Gasteiger partial charge on any atom is 0.133 e. The predicted molar refractivity (Wildman–Crippen MR) is 69.6 cm³/mol. The van der Waals surface area contributed by atoms with Gasteiger partial charge in [-0.3, -0.25) is 0 Å². The van der Waals surface area contributed by atoms with Crippen LogP contribution in [0.3, 0.4) is 0 Å². The van der Waals surface area contributed by atoms with Gasteiger partial charge < -0.3 is 5.32 Å². The van der Waals surface area contributed by atoms with Crippen molar-refractivity contribution in [2.45, 2.75) is 6.54 Å². The van der Waals surface area contributed by atoms with Crippen molar-refractivity contribution in [1.82, 2.24) is 5.32 Å². The molecule has 2 rings (SSSR count). The number of rotatable bonds is 3. The van der Waals surface area contributed by atoms with Crippen molar-refractivity contribution in [2.75, 3.05) is 7.05 Å². The molecule has 1 N–H and O–H groups in total. The minimum atomic E-state index is -0.583. The van der Waals surface area contributed by atoms with E-state index in [4.69, 9.17) is 11.6 Å². The average molecular weight is 268 g/mol. The molecule has 0 aliphatic rings. The second-order valence-corrected chi connectivity index (χ2v) is 4.37. The van der Waals surface area contributed by atoms with Crippen LogP contribution in [0.25, 0.3) is 11.1 Å². The summed E-state index contributed by atoms with van der Waals surface area (Å²) in [5.41, 5.74) is 1.92. The molecule has 0 atom stereocenters. The van der Waals surface area contributed by atoms with Crippen LogP contribution in [0.2, 0.25) is 5.02 Å². The molecule has 2 aromatic rings. The maximum absolute atomic E-state index is 13.7. The molecule has 0 saturated carbocycles. The van der Waals surface area contributed by atoms with Crippen LogP contribution in [0, 0.1) is 11.6 Å². The Hall–Kier alpha value is -1.45. The van der Waals surface area contributed by atoms with E-state index in [9.17, 15) is 8.78 Å². The first-order valence-corrected chi connectivity index (χ1v) is 5.88. The van der Waals surface area contributed by atoms with Gasteiger partial charge in [0, 0.05) is 23.2 Å². The van der Waals surface area contributed by atoms with Gasteiger partial charge in [0.05, 0.1) is 0 Å². The largest absolute Gasteiger partial charge is 0.316 e. The summed E-state index contributed by atoms with van der Waals surface area (Å²) in [6.07, 6.45) is 0. The van der Waals surface area contributed by atoms with Crippen molar-refractivity contribution < 1.29 is 8.78 Å². The number of halogens is 3. The van der Waals surface area contributed by atoms with E-state index in [1.165, 1.54) is 12.1 Å². The van der Waals surface area contributed by atoms with Crippen molar-refractivity contribution in [3.8, 4) is 11.1 Å². The summed E-state index contributed by atoms with van der Waals surface area (Å²) < 4.78 is 26.5. The zero-order chi connectivity index (χ0) is 13.1. The Labute approximate surface area is 109 Å². The molecule has 0 heterocycles. The van der Waals surface area contributed by atoms with E-state index in [0.717, 1.165) is 11.6 Å². The standard InChI is InChI=1S/C14H12ClF2N/c1-18-8-10-6-9(2-5-13(10)15)12-4-3-11(16)7-14(12)17/h2-7,18H,8H2,1H3. The fraction of sp³-hybridized carbons (Fsp3) is 0.143. The van der Waals surface area contributed by atoms with E-state index in [0.29, 0.717) is 22.7 Å². The second kappa shape index (κ2) is 5.46. The summed E-state index contributed by atoms with van der Waals surface area (Å²) >= 11 is 6.03. The monoisotopic (exact) mass is 267 g/mol. The maximum atomic E-state index is 13.7. The molecule has 0 radical (unpaired) electrons.